The normalized spacial score (nSPS) is 15.8. The minimum Gasteiger partial charge on any atom is -0.453 e. The second-order valence-electron chi connectivity index (χ2n) is 22.4. The molecular weight excluding hydrogens is 715 g/mol. The lowest BCUT2D eigenvalue weighted by molar-refractivity contribution is 0.470. The fraction of sp³-hybridized carbons (Fsp3) is 0.345. The highest BCUT2D eigenvalue weighted by Gasteiger charge is 2.52. The van der Waals surface area contributed by atoms with Crippen LogP contribution < -0.4 is 25.4 Å². The first-order valence-corrected chi connectivity index (χ1v) is 21.7. The van der Waals surface area contributed by atoms with Gasteiger partial charge >= 0.3 is 6.85 Å². The van der Waals surface area contributed by atoms with Crippen molar-refractivity contribution in [2.24, 2.45) is 0 Å². The molecule has 6 aromatic rings. The van der Waals surface area contributed by atoms with Crippen molar-refractivity contribution in [3.63, 3.8) is 0 Å². The molecule has 59 heavy (non-hydrogen) atoms. The van der Waals surface area contributed by atoms with Gasteiger partial charge in [0.2, 0.25) is 0 Å². The standard InChI is InChI=1S/C55H59BN2O/c1-51(2,3)32-19-23-36(24-20-32)57-44-28-33(52(4,5)6)21-25-42(44)56-48-39(31-38-37-17-15-16-18-41(37)55(13,14)47(38)50(48)57)40-27-35(54(10,11)12)30-46-49(40)58(56)43-26-22-34(53(7,8)9)29-45(43)59-46/h15-31H,1-14H3. The molecule has 0 fully saturated rings. The Labute approximate surface area is 353 Å². The quantitative estimate of drug-likeness (QED) is 0.155. The van der Waals surface area contributed by atoms with Gasteiger partial charge in [0.25, 0.3) is 0 Å². The number of hydrogen-bond acceptors (Lipinski definition) is 3. The van der Waals surface area contributed by atoms with Gasteiger partial charge in [0, 0.05) is 28.0 Å². The summed E-state index contributed by atoms with van der Waals surface area (Å²) in [6, 6.07) is 40.3. The molecule has 10 rings (SSSR count). The predicted molar refractivity (Wildman–Crippen MR) is 253 cm³/mol. The summed E-state index contributed by atoms with van der Waals surface area (Å²) in [5, 5.41) is 0. The number of benzene rings is 6. The molecule has 0 aromatic heterocycles. The summed E-state index contributed by atoms with van der Waals surface area (Å²) < 4.78 is 7.16. The van der Waals surface area contributed by atoms with Crippen LogP contribution in [-0.2, 0) is 27.1 Å². The highest BCUT2D eigenvalue weighted by Crippen LogP contribution is 2.61. The van der Waals surface area contributed by atoms with E-state index in [1.807, 2.05) is 0 Å². The molecular formula is C55H59BN2O. The summed E-state index contributed by atoms with van der Waals surface area (Å²) in [6.45, 7) is 32.6. The molecule has 0 saturated carbocycles. The molecule has 0 saturated heterocycles. The predicted octanol–water partition coefficient (Wildman–Crippen LogP) is 14.0. The average molecular weight is 775 g/mol. The zero-order valence-electron chi connectivity index (χ0n) is 37.7. The second-order valence-corrected chi connectivity index (χ2v) is 22.4. The highest BCUT2D eigenvalue weighted by atomic mass is 16.5. The summed E-state index contributed by atoms with van der Waals surface area (Å²) in [7, 11) is 0. The van der Waals surface area contributed by atoms with Gasteiger partial charge in [-0.2, -0.15) is 0 Å². The van der Waals surface area contributed by atoms with Gasteiger partial charge in [-0.3, -0.25) is 0 Å². The molecule has 3 aliphatic heterocycles. The minimum atomic E-state index is -0.243. The first-order valence-electron chi connectivity index (χ1n) is 21.7. The van der Waals surface area contributed by atoms with Gasteiger partial charge in [0.1, 0.15) is 5.75 Å². The first-order chi connectivity index (χ1) is 27.5. The van der Waals surface area contributed by atoms with Gasteiger partial charge in [-0.05, 0) is 131 Å². The number of ether oxygens (including phenoxy) is 1. The van der Waals surface area contributed by atoms with Crippen LogP contribution in [0.25, 0.3) is 22.3 Å². The molecule has 1 aliphatic carbocycles. The number of anilines is 5. The largest absolute Gasteiger partial charge is 0.453 e. The van der Waals surface area contributed by atoms with Crippen LogP contribution in [0.4, 0.5) is 28.4 Å². The fourth-order valence-electron chi connectivity index (χ4n) is 10.4. The zero-order chi connectivity index (χ0) is 41.9. The molecule has 0 N–H and O–H groups in total. The molecule has 0 unspecified atom stereocenters. The highest BCUT2D eigenvalue weighted by molar-refractivity contribution is 6.94. The Balaban J connectivity index is 1.39. The van der Waals surface area contributed by atoms with Crippen LogP contribution in [0.3, 0.4) is 0 Å². The lowest BCUT2D eigenvalue weighted by Gasteiger charge is -2.49. The number of nitrogens with zero attached hydrogens (tertiary/aromatic N) is 2. The maximum Gasteiger partial charge on any atom is 0.333 e. The number of fused-ring (bicyclic) bond motifs is 10. The van der Waals surface area contributed by atoms with Crippen LogP contribution in [-0.4, -0.2) is 6.85 Å². The van der Waals surface area contributed by atoms with E-state index in [1.165, 1.54) is 83.6 Å². The zero-order valence-corrected chi connectivity index (χ0v) is 37.7. The van der Waals surface area contributed by atoms with E-state index in [4.69, 9.17) is 4.74 Å². The van der Waals surface area contributed by atoms with Crippen LogP contribution in [0.1, 0.15) is 130 Å². The van der Waals surface area contributed by atoms with E-state index < -0.39 is 0 Å². The summed E-state index contributed by atoms with van der Waals surface area (Å²) >= 11 is 0. The van der Waals surface area contributed by atoms with Gasteiger partial charge in [-0.1, -0.05) is 152 Å². The lowest BCUT2D eigenvalue weighted by Crippen LogP contribution is -2.62. The van der Waals surface area contributed by atoms with Crippen molar-refractivity contribution in [1.29, 1.82) is 0 Å². The molecule has 6 aromatic carbocycles. The van der Waals surface area contributed by atoms with Crippen LogP contribution >= 0.6 is 0 Å². The molecule has 3 heterocycles. The van der Waals surface area contributed by atoms with E-state index in [0.29, 0.717) is 0 Å². The molecule has 0 radical (unpaired) electrons. The van der Waals surface area contributed by atoms with Crippen molar-refractivity contribution in [1.82, 2.24) is 0 Å². The summed E-state index contributed by atoms with van der Waals surface area (Å²) in [5.41, 5.74) is 21.6. The van der Waals surface area contributed by atoms with Gasteiger partial charge in [0.15, 0.2) is 5.75 Å². The third kappa shape index (κ3) is 5.47. The second kappa shape index (κ2) is 12.0. The summed E-state index contributed by atoms with van der Waals surface area (Å²) in [5.74, 6) is 1.86. The molecule has 0 atom stereocenters. The van der Waals surface area contributed by atoms with Crippen molar-refractivity contribution in [3.8, 4) is 33.8 Å². The van der Waals surface area contributed by atoms with Gasteiger partial charge in [-0.15, -0.1) is 0 Å². The van der Waals surface area contributed by atoms with Crippen molar-refractivity contribution in [2.75, 3.05) is 9.71 Å². The Hall–Kier alpha value is -5.22. The van der Waals surface area contributed by atoms with Crippen LogP contribution in [0.2, 0.25) is 0 Å². The topological polar surface area (TPSA) is 15.7 Å². The Kier molecular flexibility index (Phi) is 7.71. The van der Waals surface area contributed by atoms with Crippen molar-refractivity contribution in [3.05, 3.63) is 137 Å². The lowest BCUT2D eigenvalue weighted by atomic mass is 9.42. The maximum atomic E-state index is 7.16. The van der Waals surface area contributed by atoms with Gasteiger partial charge in [0.05, 0.1) is 11.4 Å². The van der Waals surface area contributed by atoms with Gasteiger partial charge in [-0.25, -0.2) is 0 Å². The van der Waals surface area contributed by atoms with Crippen LogP contribution in [0.5, 0.6) is 11.5 Å². The van der Waals surface area contributed by atoms with E-state index in [-0.39, 0.29) is 33.9 Å². The number of rotatable bonds is 1. The molecule has 0 amide bonds. The third-order valence-electron chi connectivity index (χ3n) is 13.8. The Morgan fingerprint density at radius 3 is 1.75 bits per heavy atom. The summed E-state index contributed by atoms with van der Waals surface area (Å²) in [6.07, 6.45) is 0. The minimum absolute atomic E-state index is 0.0241. The third-order valence-corrected chi connectivity index (χ3v) is 13.8. The monoisotopic (exact) mass is 774 g/mol. The average Bonchev–Trinajstić information content (AvgIpc) is 3.39. The van der Waals surface area contributed by atoms with Crippen molar-refractivity contribution in [2.45, 2.75) is 124 Å². The molecule has 4 aliphatic rings. The Morgan fingerprint density at radius 2 is 1.08 bits per heavy atom. The van der Waals surface area contributed by atoms with Gasteiger partial charge < -0.3 is 14.4 Å². The van der Waals surface area contributed by atoms with E-state index in [2.05, 4.69) is 210 Å². The summed E-state index contributed by atoms with van der Waals surface area (Å²) in [4.78, 5) is 5.31. The molecule has 0 spiro atoms. The molecule has 298 valence electrons. The van der Waals surface area contributed by atoms with Crippen molar-refractivity contribution >= 4 is 46.2 Å². The Morgan fingerprint density at radius 1 is 0.492 bits per heavy atom. The van der Waals surface area contributed by atoms with Crippen LogP contribution in [0, 0.1) is 0 Å². The van der Waals surface area contributed by atoms with Crippen molar-refractivity contribution < 1.29 is 4.74 Å². The SMILES string of the molecule is CC(C)(C)c1ccc(N2c3cc(C(C)(C)C)ccc3B3c4c(cc5c(c42)C(C)(C)c2ccccc2-5)-c2cc(C(C)(C)C)cc4c2N3c2ccc(C(C)(C)C)cc2O4)cc1. The number of hydrogen-bond donors (Lipinski definition) is 0. The van der Waals surface area contributed by atoms with E-state index in [1.54, 1.807) is 0 Å². The maximum absolute atomic E-state index is 7.16. The molecule has 0 bridgehead atoms. The van der Waals surface area contributed by atoms with E-state index in [0.717, 1.165) is 22.9 Å². The molecule has 3 nitrogen and oxygen atoms in total. The van der Waals surface area contributed by atoms with E-state index in [9.17, 15) is 0 Å². The van der Waals surface area contributed by atoms with E-state index >= 15 is 0 Å². The fourth-order valence-corrected chi connectivity index (χ4v) is 10.4. The molecule has 4 heteroatoms. The Bertz CT molecular complexity index is 2760. The smallest absolute Gasteiger partial charge is 0.333 e. The van der Waals surface area contributed by atoms with Crippen LogP contribution in [0.15, 0.2) is 103 Å². The first kappa shape index (κ1) is 38.0.